The predicted molar refractivity (Wildman–Crippen MR) is 97.9 cm³/mol. The molecule has 138 valence electrons. The molecule has 0 radical (unpaired) electrons. The third kappa shape index (κ3) is 5.17. The number of rotatable bonds is 8. The second kappa shape index (κ2) is 9.36. The van der Waals surface area contributed by atoms with E-state index < -0.39 is 5.97 Å². The smallest absolute Gasteiger partial charge is 0.330 e. The van der Waals surface area contributed by atoms with Crippen molar-refractivity contribution in [1.82, 2.24) is 0 Å². The van der Waals surface area contributed by atoms with Gasteiger partial charge in [0, 0.05) is 12.5 Å². The second-order valence-corrected chi connectivity index (χ2v) is 5.37. The number of phenolic OH excluding ortho intramolecular Hbond substituents is 1. The van der Waals surface area contributed by atoms with Gasteiger partial charge in [0.2, 0.25) is 0 Å². The molecule has 2 aromatic rings. The Balaban J connectivity index is 1.87. The van der Waals surface area contributed by atoms with Crippen molar-refractivity contribution in [3.63, 3.8) is 0 Å². The summed E-state index contributed by atoms with van der Waals surface area (Å²) in [6.07, 6.45) is 3.49. The zero-order valence-corrected chi connectivity index (χ0v) is 15.0. The Labute approximate surface area is 152 Å². The number of esters is 1. The third-order valence-corrected chi connectivity index (χ3v) is 3.70. The van der Waals surface area contributed by atoms with Gasteiger partial charge in [-0.25, -0.2) is 4.79 Å². The molecule has 0 unspecified atom stereocenters. The fraction of sp³-hybridized carbons (Fsp3) is 0.250. The van der Waals surface area contributed by atoms with E-state index in [4.69, 9.17) is 18.9 Å². The summed E-state index contributed by atoms with van der Waals surface area (Å²) in [6, 6.07) is 10.4. The minimum absolute atomic E-state index is 0.0437. The van der Waals surface area contributed by atoms with Crippen molar-refractivity contribution in [2.45, 2.75) is 6.42 Å². The van der Waals surface area contributed by atoms with E-state index in [9.17, 15) is 9.90 Å². The third-order valence-electron chi connectivity index (χ3n) is 3.70. The van der Waals surface area contributed by atoms with Gasteiger partial charge in [-0.15, -0.1) is 0 Å². The molecular formula is C20H22O6. The largest absolute Gasteiger partial charge is 0.504 e. The number of methoxy groups -OCH3 is 3. The minimum Gasteiger partial charge on any atom is -0.504 e. The van der Waals surface area contributed by atoms with E-state index in [0.29, 0.717) is 23.7 Å². The van der Waals surface area contributed by atoms with E-state index in [2.05, 4.69) is 0 Å². The van der Waals surface area contributed by atoms with Gasteiger partial charge in [0.25, 0.3) is 0 Å². The summed E-state index contributed by atoms with van der Waals surface area (Å²) in [5.41, 5.74) is 1.69. The Kier molecular flexibility index (Phi) is 6.91. The molecule has 0 spiro atoms. The van der Waals surface area contributed by atoms with Gasteiger partial charge in [0.15, 0.2) is 23.0 Å². The van der Waals surface area contributed by atoms with Crippen LogP contribution in [0.2, 0.25) is 0 Å². The molecule has 26 heavy (non-hydrogen) atoms. The van der Waals surface area contributed by atoms with Crippen LogP contribution >= 0.6 is 0 Å². The maximum absolute atomic E-state index is 11.8. The van der Waals surface area contributed by atoms with Crippen molar-refractivity contribution >= 4 is 12.0 Å². The van der Waals surface area contributed by atoms with Gasteiger partial charge in [-0.1, -0.05) is 12.1 Å². The fourth-order valence-corrected chi connectivity index (χ4v) is 2.32. The highest BCUT2D eigenvalue weighted by Crippen LogP contribution is 2.28. The first-order chi connectivity index (χ1) is 12.6. The summed E-state index contributed by atoms with van der Waals surface area (Å²) in [5, 5.41) is 9.55. The van der Waals surface area contributed by atoms with E-state index >= 15 is 0 Å². The summed E-state index contributed by atoms with van der Waals surface area (Å²) in [5.74, 6) is 1.23. The van der Waals surface area contributed by atoms with E-state index in [0.717, 1.165) is 11.1 Å². The van der Waals surface area contributed by atoms with Crippen LogP contribution in [0.5, 0.6) is 23.0 Å². The van der Waals surface area contributed by atoms with E-state index in [1.807, 2.05) is 18.2 Å². The lowest BCUT2D eigenvalue weighted by atomic mass is 10.1. The second-order valence-electron chi connectivity index (χ2n) is 5.37. The first-order valence-corrected chi connectivity index (χ1v) is 8.00. The molecule has 0 atom stereocenters. The van der Waals surface area contributed by atoms with E-state index in [1.165, 1.54) is 19.3 Å². The summed E-state index contributed by atoms with van der Waals surface area (Å²) in [7, 11) is 4.62. The van der Waals surface area contributed by atoms with Crippen LogP contribution in [0.15, 0.2) is 42.5 Å². The molecule has 0 amide bonds. The zero-order valence-electron chi connectivity index (χ0n) is 15.0. The Morgan fingerprint density at radius 3 is 2.38 bits per heavy atom. The van der Waals surface area contributed by atoms with Crippen LogP contribution < -0.4 is 14.2 Å². The molecule has 0 aliphatic carbocycles. The van der Waals surface area contributed by atoms with Crippen LogP contribution in [0.4, 0.5) is 0 Å². The Bertz CT molecular complexity index is 782. The van der Waals surface area contributed by atoms with Gasteiger partial charge in [0.1, 0.15) is 0 Å². The quantitative estimate of drug-likeness (QED) is 0.577. The number of ether oxygens (including phenoxy) is 4. The molecule has 1 N–H and O–H groups in total. The number of aromatic hydroxyl groups is 1. The first-order valence-electron chi connectivity index (χ1n) is 8.00. The number of benzene rings is 2. The van der Waals surface area contributed by atoms with Crippen molar-refractivity contribution in [3.8, 4) is 23.0 Å². The van der Waals surface area contributed by atoms with E-state index in [1.54, 1.807) is 32.4 Å². The van der Waals surface area contributed by atoms with Gasteiger partial charge >= 0.3 is 5.97 Å². The molecule has 6 nitrogen and oxygen atoms in total. The zero-order chi connectivity index (χ0) is 18.9. The van der Waals surface area contributed by atoms with Gasteiger partial charge < -0.3 is 24.1 Å². The number of carbonyl (C=O) groups is 1. The highest BCUT2D eigenvalue weighted by atomic mass is 16.5. The highest BCUT2D eigenvalue weighted by molar-refractivity contribution is 5.87. The molecule has 6 heteroatoms. The van der Waals surface area contributed by atoms with Gasteiger partial charge in [-0.3, -0.25) is 0 Å². The average molecular weight is 358 g/mol. The molecular weight excluding hydrogens is 336 g/mol. The molecule has 0 aromatic heterocycles. The molecule has 0 bridgehead atoms. The molecule has 0 saturated carbocycles. The van der Waals surface area contributed by atoms with E-state index in [-0.39, 0.29) is 12.4 Å². The lowest BCUT2D eigenvalue weighted by Crippen LogP contribution is -2.05. The van der Waals surface area contributed by atoms with Gasteiger partial charge in [-0.05, 0) is 41.5 Å². The SMILES string of the molecule is COc1cc(/C=C\C(=O)OCCc2ccc(OC)c(OC)c2)ccc1O. The normalized spacial score (nSPS) is 10.6. The number of carbonyl (C=O) groups excluding carboxylic acids is 1. The van der Waals surface area contributed by atoms with Crippen LogP contribution in [0.3, 0.4) is 0 Å². The monoisotopic (exact) mass is 358 g/mol. The van der Waals surface area contributed by atoms with Crippen molar-refractivity contribution < 1.29 is 28.8 Å². The molecule has 0 heterocycles. The number of hydrogen-bond donors (Lipinski definition) is 1. The summed E-state index contributed by atoms with van der Waals surface area (Å²) < 4.78 is 20.7. The fourth-order valence-electron chi connectivity index (χ4n) is 2.32. The van der Waals surface area contributed by atoms with Crippen molar-refractivity contribution in [2.75, 3.05) is 27.9 Å². The van der Waals surface area contributed by atoms with Gasteiger partial charge in [-0.2, -0.15) is 0 Å². The predicted octanol–water partition coefficient (Wildman–Crippen LogP) is 3.22. The lowest BCUT2D eigenvalue weighted by Gasteiger charge is -2.09. The van der Waals surface area contributed by atoms with Crippen LogP contribution in [-0.2, 0) is 16.0 Å². The maximum atomic E-state index is 11.8. The van der Waals surface area contributed by atoms with Crippen LogP contribution in [0.25, 0.3) is 6.08 Å². The van der Waals surface area contributed by atoms with Gasteiger partial charge in [0.05, 0.1) is 27.9 Å². The summed E-state index contributed by atoms with van der Waals surface area (Å²) >= 11 is 0. The molecule has 0 aliphatic heterocycles. The van der Waals surface area contributed by atoms with Crippen LogP contribution in [-0.4, -0.2) is 39.0 Å². The molecule has 0 saturated heterocycles. The maximum Gasteiger partial charge on any atom is 0.330 e. The van der Waals surface area contributed by atoms with Crippen molar-refractivity contribution in [3.05, 3.63) is 53.6 Å². The Hall–Kier alpha value is -3.15. The van der Waals surface area contributed by atoms with Crippen molar-refractivity contribution in [2.24, 2.45) is 0 Å². The highest BCUT2D eigenvalue weighted by Gasteiger charge is 2.06. The minimum atomic E-state index is -0.447. The first kappa shape index (κ1) is 19.2. The number of phenols is 1. The summed E-state index contributed by atoms with van der Waals surface area (Å²) in [4.78, 5) is 11.8. The van der Waals surface area contributed by atoms with Crippen molar-refractivity contribution in [1.29, 1.82) is 0 Å². The molecule has 2 aromatic carbocycles. The topological polar surface area (TPSA) is 74.2 Å². The average Bonchev–Trinajstić information content (AvgIpc) is 2.67. The molecule has 2 rings (SSSR count). The Morgan fingerprint density at radius 1 is 0.962 bits per heavy atom. The molecule has 0 aliphatic rings. The van der Waals surface area contributed by atoms with Crippen LogP contribution in [0.1, 0.15) is 11.1 Å². The molecule has 0 fully saturated rings. The standard InChI is InChI=1S/C20H22O6/c1-23-17-8-5-15(13-19(17)25-3)10-11-26-20(22)9-6-14-4-7-16(21)18(12-14)24-2/h4-9,12-13,21H,10-11H2,1-3H3/b9-6-. The van der Waals surface area contributed by atoms with Crippen LogP contribution in [0, 0.1) is 0 Å². The lowest BCUT2D eigenvalue weighted by molar-refractivity contribution is -0.137. The number of hydrogen-bond acceptors (Lipinski definition) is 6. The summed E-state index contributed by atoms with van der Waals surface area (Å²) in [6.45, 7) is 0.248. The Morgan fingerprint density at radius 2 is 1.69 bits per heavy atom.